The minimum absolute atomic E-state index is 0.0347. The fraction of sp³-hybridized carbons (Fsp3) is 0.737. The minimum Gasteiger partial charge on any atom is -0.756 e. The first kappa shape index (κ1) is 82.7. The zero-order valence-electron chi connectivity index (χ0n) is 56.5. The van der Waals surface area contributed by atoms with Gasteiger partial charge in [-0.3, -0.25) is 14.2 Å². The Kier molecular flexibility index (Phi) is 63.5. The molecule has 0 N–H and O–H groups in total. The van der Waals surface area contributed by atoms with Crippen LogP contribution in [-0.2, 0) is 32.7 Å². The predicted molar refractivity (Wildman–Crippen MR) is 369 cm³/mol. The number of nitrogens with zero attached hydrogens (tertiary/aromatic N) is 1. The van der Waals surface area contributed by atoms with Crippen molar-refractivity contribution in [3.8, 4) is 0 Å². The van der Waals surface area contributed by atoms with Crippen LogP contribution in [0.4, 0.5) is 0 Å². The molecule has 0 bridgehead atoms. The van der Waals surface area contributed by atoms with Crippen molar-refractivity contribution in [1.29, 1.82) is 0 Å². The van der Waals surface area contributed by atoms with E-state index >= 15 is 0 Å². The summed E-state index contributed by atoms with van der Waals surface area (Å²) >= 11 is 0. The van der Waals surface area contributed by atoms with E-state index in [1.54, 1.807) is 0 Å². The third-order valence-electron chi connectivity index (χ3n) is 15.3. The van der Waals surface area contributed by atoms with Gasteiger partial charge in [0.1, 0.15) is 19.8 Å². The summed E-state index contributed by atoms with van der Waals surface area (Å²) in [5.41, 5.74) is 0. The molecule has 0 heterocycles. The van der Waals surface area contributed by atoms with Gasteiger partial charge < -0.3 is 27.9 Å². The smallest absolute Gasteiger partial charge is 0.306 e. The summed E-state index contributed by atoms with van der Waals surface area (Å²) in [5.74, 6) is -0.831. The highest BCUT2D eigenvalue weighted by molar-refractivity contribution is 7.45. The van der Waals surface area contributed by atoms with E-state index in [9.17, 15) is 19.0 Å². The molecule has 0 saturated heterocycles. The van der Waals surface area contributed by atoms with E-state index < -0.39 is 26.5 Å². The van der Waals surface area contributed by atoms with Crippen LogP contribution in [0.1, 0.15) is 309 Å². The maximum atomic E-state index is 12.9. The lowest BCUT2D eigenvalue weighted by Gasteiger charge is -2.28. The van der Waals surface area contributed by atoms with E-state index in [4.69, 9.17) is 18.5 Å². The summed E-state index contributed by atoms with van der Waals surface area (Å²) in [6.45, 7) is 4.14. The Labute approximate surface area is 531 Å². The van der Waals surface area contributed by atoms with Gasteiger partial charge in [0.15, 0.2) is 6.10 Å². The van der Waals surface area contributed by atoms with Crippen LogP contribution < -0.4 is 4.89 Å². The summed E-state index contributed by atoms with van der Waals surface area (Å²) in [4.78, 5) is 38.1. The fourth-order valence-corrected chi connectivity index (χ4v) is 10.6. The van der Waals surface area contributed by atoms with Crippen LogP contribution in [0.3, 0.4) is 0 Å². The molecule has 0 radical (unpaired) electrons. The first-order valence-corrected chi connectivity index (χ1v) is 37.1. The Morgan fingerprint density at radius 2 is 0.663 bits per heavy atom. The Morgan fingerprint density at radius 1 is 0.372 bits per heavy atom. The lowest BCUT2D eigenvalue weighted by Crippen LogP contribution is -2.37. The molecule has 2 unspecified atom stereocenters. The fourth-order valence-electron chi connectivity index (χ4n) is 9.85. The Bertz CT molecular complexity index is 1820. The van der Waals surface area contributed by atoms with Crippen LogP contribution in [0.15, 0.2) is 109 Å². The molecule has 0 rings (SSSR count). The van der Waals surface area contributed by atoms with E-state index in [1.807, 2.05) is 21.1 Å². The van der Waals surface area contributed by atoms with E-state index in [1.165, 1.54) is 180 Å². The molecule has 0 aliphatic carbocycles. The van der Waals surface area contributed by atoms with Gasteiger partial charge in [-0.25, -0.2) is 0 Å². The molecule has 86 heavy (non-hydrogen) atoms. The second kappa shape index (κ2) is 66.1. The van der Waals surface area contributed by atoms with Crippen molar-refractivity contribution in [3.05, 3.63) is 109 Å². The Balaban J connectivity index is 4.06. The number of hydrogen-bond acceptors (Lipinski definition) is 8. The molecule has 0 aromatic carbocycles. The number of esters is 2. The molecule has 0 fully saturated rings. The molecule has 10 heteroatoms. The lowest BCUT2D eigenvalue weighted by molar-refractivity contribution is -0.870. The van der Waals surface area contributed by atoms with Gasteiger partial charge in [0.05, 0.1) is 27.7 Å². The molecule has 496 valence electrons. The molecule has 0 aliphatic rings. The topological polar surface area (TPSA) is 111 Å². The van der Waals surface area contributed by atoms with Gasteiger partial charge in [0.25, 0.3) is 7.82 Å². The lowest BCUT2D eigenvalue weighted by atomic mass is 10.0. The van der Waals surface area contributed by atoms with Crippen LogP contribution >= 0.6 is 7.82 Å². The highest BCUT2D eigenvalue weighted by Gasteiger charge is 2.22. The second-order valence-corrected chi connectivity index (χ2v) is 26.3. The van der Waals surface area contributed by atoms with E-state index in [0.29, 0.717) is 17.4 Å². The van der Waals surface area contributed by atoms with Crippen molar-refractivity contribution >= 4 is 19.8 Å². The largest absolute Gasteiger partial charge is 0.756 e. The van der Waals surface area contributed by atoms with Gasteiger partial charge in [0, 0.05) is 12.8 Å². The third-order valence-corrected chi connectivity index (χ3v) is 16.2. The summed E-state index contributed by atoms with van der Waals surface area (Å²) in [6, 6.07) is 0. The number of allylic oxidation sites excluding steroid dienone is 18. The van der Waals surface area contributed by atoms with Gasteiger partial charge in [-0.1, -0.05) is 303 Å². The molecule has 0 saturated carbocycles. The van der Waals surface area contributed by atoms with Gasteiger partial charge in [-0.05, 0) is 103 Å². The SMILES string of the molecule is CC/C=C\C/C=C\C/C=C\C/C=C\C/C=C\C/C=C\C/C=C\CCCCCCCCCCCCCC(=O)OC(COC(=O)CCCCCCCCCCCCCCCCCCC/C=C\C/C=C\CCCCCCC)COP(=O)([O-])OCC[N+](C)(C)C. The van der Waals surface area contributed by atoms with Crippen LogP contribution in [-0.4, -0.2) is 70.0 Å². The normalized spacial score (nSPS) is 13.8. The monoisotopic (exact) mass is 1220 g/mol. The quantitative estimate of drug-likeness (QED) is 0.0195. The average molecular weight is 1220 g/mol. The van der Waals surface area contributed by atoms with Crippen molar-refractivity contribution in [2.45, 2.75) is 315 Å². The van der Waals surface area contributed by atoms with Crippen molar-refractivity contribution < 1.29 is 42.1 Å². The van der Waals surface area contributed by atoms with Crippen LogP contribution in [0.2, 0.25) is 0 Å². The molecular weight excluding hydrogens is 1090 g/mol. The average Bonchev–Trinajstić information content (AvgIpc) is 3.70. The number of likely N-dealkylation sites (N-methyl/N-ethyl adjacent to an activating group) is 1. The minimum atomic E-state index is -4.65. The number of phosphoric acid groups is 1. The van der Waals surface area contributed by atoms with Crippen molar-refractivity contribution in [2.75, 3.05) is 47.5 Å². The third kappa shape index (κ3) is 69.8. The second-order valence-electron chi connectivity index (χ2n) is 24.9. The summed E-state index contributed by atoms with van der Waals surface area (Å²) in [7, 11) is 1.16. The maximum absolute atomic E-state index is 12.9. The van der Waals surface area contributed by atoms with Gasteiger partial charge >= 0.3 is 11.9 Å². The van der Waals surface area contributed by atoms with Gasteiger partial charge in [0.2, 0.25) is 0 Å². The zero-order valence-corrected chi connectivity index (χ0v) is 57.4. The predicted octanol–water partition coefficient (Wildman–Crippen LogP) is 22.6. The van der Waals surface area contributed by atoms with Crippen molar-refractivity contribution in [1.82, 2.24) is 0 Å². The van der Waals surface area contributed by atoms with E-state index in [0.717, 1.165) is 96.3 Å². The number of ether oxygens (including phenoxy) is 2. The first-order chi connectivity index (χ1) is 42.0. The molecule has 0 aromatic rings. The number of unbranched alkanes of at least 4 members (excludes halogenated alkanes) is 33. The van der Waals surface area contributed by atoms with Crippen molar-refractivity contribution in [3.63, 3.8) is 0 Å². The molecule has 9 nitrogen and oxygen atoms in total. The van der Waals surface area contributed by atoms with Crippen LogP contribution in [0, 0.1) is 0 Å². The van der Waals surface area contributed by atoms with Crippen molar-refractivity contribution in [2.24, 2.45) is 0 Å². The Hall–Kier alpha value is -3.33. The molecule has 2 atom stereocenters. The van der Waals surface area contributed by atoms with E-state index in [-0.39, 0.29) is 32.0 Å². The number of phosphoric ester groups is 1. The molecule has 0 aliphatic heterocycles. The standard InChI is InChI=1S/C76H134NO8P/c1-6-8-10-12-14-16-18-20-22-24-26-28-30-32-34-36-37-38-39-41-43-45-47-49-51-53-55-57-59-61-63-65-67-69-76(79)85-74(73-84-86(80,81)83-71-70-77(3,4)5)72-82-75(78)68-66-64-62-60-58-56-54-52-50-48-46-44-42-40-35-33-31-29-27-25-23-21-19-17-15-13-11-9-7-2/h8,10,14,16,19-22,25-28,32,34,37-38,41,43,74H,6-7,9,11-13,15,17-18,23-24,29-31,33,35-36,39-40,42,44-73H2,1-5H3/b10-8-,16-14-,21-19-,22-20-,27-25-,28-26-,34-32-,38-37-,43-41-. The molecule has 0 aromatic heterocycles. The van der Waals surface area contributed by atoms with E-state index in [2.05, 4.69) is 123 Å². The summed E-state index contributed by atoms with van der Waals surface area (Å²) < 4.78 is 34.3. The van der Waals surface area contributed by atoms with Crippen LogP contribution in [0.25, 0.3) is 0 Å². The maximum Gasteiger partial charge on any atom is 0.306 e. The summed E-state index contributed by atoms with van der Waals surface area (Å²) in [6.07, 6.45) is 93.1. The first-order valence-electron chi connectivity index (χ1n) is 35.6. The molecular formula is C76H134NO8P. The van der Waals surface area contributed by atoms with Crippen LogP contribution in [0.5, 0.6) is 0 Å². The molecule has 0 spiro atoms. The highest BCUT2D eigenvalue weighted by atomic mass is 31.2. The number of hydrogen-bond donors (Lipinski definition) is 0. The van der Waals surface area contributed by atoms with Gasteiger partial charge in [-0.15, -0.1) is 0 Å². The number of quaternary nitrogens is 1. The number of carbonyl (C=O) groups is 2. The summed E-state index contributed by atoms with van der Waals surface area (Å²) in [5, 5.41) is 0. The Morgan fingerprint density at radius 3 is 0.988 bits per heavy atom. The zero-order chi connectivity index (χ0) is 62.6. The number of carbonyl (C=O) groups excluding carboxylic acids is 2. The molecule has 0 amide bonds. The number of rotatable bonds is 65. The van der Waals surface area contributed by atoms with Gasteiger partial charge in [-0.2, -0.15) is 0 Å². The highest BCUT2D eigenvalue weighted by Crippen LogP contribution is 2.38.